The molecule has 12 heavy (non-hydrogen) atoms. The molecule has 0 saturated heterocycles. The molecule has 0 amide bonds. The van der Waals surface area contributed by atoms with Crippen LogP contribution in [0.3, 0.4) is 0 Å². The Hall–Kier alpha value is -1.82. The zero-order valence-corrected chi connectivity index (χ0v) is 6.57. The Morgan fingerprint density at radius 2 is 2.25 bits per heavy atom. The maximum Gasteiger partial charge on any atom is 0.272 e. The lowest BCUT2D eigenvalue weighted by atomic mass is 10.1. The standard InChI is InChI=1S/C9H7NO2/c1-3-8-4-5-9(10(11)12)7(2)6-8/h1,4-6H,2H3. The van der Waals surface area contributed by atoms with Crippen LogP contribution in [-0.2, 0) is 0 Å². The van der Waals surface area contributed by atoms with Crippen LogP contribution in [0.15, 0.2) is 18.2 Å². The van der Waals surface area contributed by atoms with Gasteiger partial charge in [-0.3, -0.25) is 10.1 Å². The first-order valence-electron chi connectivity index (χ1n) is 3.37. The maximum atomic E-state index is 10.4. The molecule has 0 aliphatic rings. The molecule has 0 spiro atoms. The molecule has 0 N–H and O–H groups in total. The fourth-order valence-corrected chi connectivity index (χ4v) is 0.950. The van der Waals surface area contributed by atoms with Gasteiger partial charge in [0.2, 0.25) is 0 Å². The van der Waals surface area contributed by atoms with E-state index in [0.29, 0.717) is 11.1 Å². The van der Waals surface area contributed by atoms with Gasteiger partial charge < -0.3 is 0 Å². The lowest BCUT2D eigenvalue weighted by Gasteiger charge is -1.96. The number of nitro groups is 1. The Labute approximate surface area is 70.2 Å². The summed E-state index contributed by atoms with van der Waals surface area (Å²) < 4.78 is 0. The van der Waals surface area contributed by atoms with Crippen molar-refractivity contribution in [1.29, 1.82) is 0 Å². The second kappa shape index (κ2) is 3.05. The third-order valence-corrected chi connectivity index (χ3v) is 1.56. The van der Waals surface area contributed by atoms with Crippen molar-refractivity contribution in [2.75, 3.05) is 0 Å². The third kappa shape index (κ3) is 1.43. The number of benzene rings is 1. The summed E-state index contributed by atoms with van der Waals surface area (Å²) in [5, 5.41) is 10.4. The summed E-state index contributed by atoms with van der Waals surface area (Å²) in [7, 11) is 0. The van der Waals surface area contributed by atoms with E-state index in [1.54, 1.807) is 19.1 Å². The van der Waals surface area contributed by atoms with Crippen LogP contribution in [0.1, 0.15) is 11.1 Å². The zero-order valence-electron chi connectivity index (χ0n) is 6.57. The van der Waals surface area contributed by atoms with Crippen molar-refractivity contribution in [2.24, 2.45) is 0 Å². The largest absolute Gasteiger partial charge is 0.272 e. The van der Waals surface area contributed by atoms with Crippen LogP contribution in [0.2, 0.25) is 0 Å². The lowest BCUT2D eigenvalue weighted by Crippen LogP contribution is -1.91. The van der Waals surface area contributed by atoms with Gasteiger partial charge in [0.1, 0.15) is 0 Å². The van der Waals surface area contributed by atoms with Crippen LogP contribution in [0.4, 0.5) is 5.69 Å². The van der Waals surface area contributed by atoms with Gasteiger partial charge >= 0.3 is 0 Å². The number of rotatable bonds is 1. The molecule has 1 aromatic rings. The van der Waals surface area contributed by atoms with Crippen LogP contribution < -0.4 is 0 Å². The van der Waals surface area contributed by atoms with Gasteiger partial charge in [-0.15, -0.1) is 6.42 Å². The van der Waals surface area contributed by atoms with Crippen molar-refractivity contribution in [3.8, 4) is 12.3 Å². The SMILES string of the molecule is C#Cc1ccc([N+](=O)[O-])c(C)c1. The summed E-state index contributed by atoms with van der Waals surface area (Å²) in [5.74, 6) is 2.41. The van der Waals surface area contributed by atoms with Crippen LogP contribution in [0.5, 0.6) is 0 Å². The number of hydrogen-bond acceptors (Lipinski definition) is 2. The molecule has 0 atom stereocenters. The van der Waals surface area contributed by atoms with E-state index in [1.165, 1.54) is 6.07 Å². The van der Waals surface area contributed by atoms with E-state index in [2.05, 4.69) is 5.92 Å². The highest BCUT2D eigenvalue weighted by Crippen LogP contribution is 2.17. The van der Waals surface area contributed by atoms with Gasteiger partial charge in [0.25, 0.3) is 5.69 Å². The molecule has 0 aliphatic heterocycles. The normalized spacial score (nSPS) is 9.00. The first-order valence-corrected chi connectivity index (χ1v) is 3.37. The van der Waals surface area contributed by atoms with E-state index in [1.807, 2.05) is 0 Å². The minimum absolute atomic E-state index is 0.106. The van der Waals surface area contributed by atoms with E-state index in [-0.39, 0.29) is 5.69 Å². The van der Waals surface area contributed by atoms with Crippen molar-refractivity contribution in [1.82, 2.24) is 0 Å². The number of aryl methyl sites for hydroxylation is 1. The molecule has 0 bridgehead atoms. The number of nitro benzene ring substituents is 1. The van der Waals surface area contributed by atoms with Crippen LogP contribution in [-0.4, -0.2) is 4.92 Å². The molecule has 0 aliphatic carbocycles. The summed E-state index contributed by atoms with van der Waals surface area (Å²) in [5.41, 5.74) is 1.36. The molecule has 3 heteroatoms. The molecule has 0 fully saturated rings. The highest BCUT2D eigenvalue weighted by Gasteiger charge is 2.08. The monoisotopic (exact) mass is 161 g/mol. The Balaban J connectivity index is 3.23. The highest BCUT2D eigenvalue weighted by atomic mass is 16.6. The molecule has 0 heterocycles. The van der Waals surface area contributed by atoms with Crippen molar-refractivity contribution in [3.05, 3.63) is 39.4 Å². The third-order valence-electron chi connectivity index (χ3n) is 1.56. The van der Waals surface area contributed by atoms with E-state index in [9.17, 15) is 10.1 Å². The molecular formula is C9H7NO2. The average Bonchev–Trinajstić information content (AvgIpc) is 2.03. The summed E-state index contributed by atoms with van der Waals surface area (Å²) >= 11 is 0. The second-order valence-corrected chi connectivity index (χ2v) is 2.40. The lowest BCUT2D eigenvalue weighted by molar-refractivity contribution is -0.385. The van der Waals surface area contributed by atoms with Gasteiger partial charge in [0, 0.05) is 17.2 Å². The smallest absolute Gasteiger partial charge is 0.258 e. The predicted octanol–water partition coefficient (Wildman–Crippen LogP) is 1.88. The molecule has 60 valence electrons. The Morgan fingerprint density at radius 3 is 2.67 bits per heavy atom. The molecule has 1 rings (SSSR count). The molecule has 3 nitrogen and oxygen atoms in total. The van der Waals surface area contributed by atoms with Gasteiger partial charge in [0.15, 0.2) is 0 Å². The molecule has 1 aromatic carbocycles. The first-order chi connectivity index (χ1) is 5.65. The second-order valence-electron chi connectivity index (χ2n) is 2.40. The molecule has 0 saturated carbocycles. The van der Waals surface area contributed by atoms with E-state index < -0.39 is 4.92 Å². The number of nitrogens with zero attached hydrogens (tertiary/aromatic N) is 1. The maximum absolute atomic E-state index is 10.4. The van der Waals surface area contributed by atoms with Crippen molar-refractivity contribution >= 4 is 5.69 Å². The van der Waals surface area contributed by atoms with Gasteiger partial charge in [-0.1, -0.05) is 5.92 Å². The fourth-order valence-electron chi connectivity index (χ4n) is 0.950. The first kappa shape index (κ1) is 8.28. The van der Waals surface area contributed by atoms with E-state index in [4.69, 9.17) is 6.42 Å². The molecule has 0 aromatic heterocycles. The Kier molecular flexibility index (Phi) is 2.11. The summed E-state index contributed by atoms with van der Waals surface area (Å²) in [6.07, 6.45) is 5.13. The van der Waals surface area contributed by atoms with E-state index in [0.717, 1.165) is 0 Å². The topological polar surface area (TPSA) is 43.1 Å². The van der Waals surface area contributed by atoms with E-state index >= 15 is 0 Å². The summed E-state index contributed by atoms with van der Waals surface area (Å²) in [6.45, 7) is 1.67. The Bertz CT molecular complexity index is 363. The van der Waals surface area contributed by atoms with Crippen molar-refractivity contribution in [3.63, 3.8) is 0 Å². The van der Waals surface area contributed by atoms with Crippen molar-refractivity contribution < 1.29 is 4.92 Å². The Morgan fingerprint density at radius 1 is 1.58 bits per heavy atom. The quantitative estimate of drug-likeness (QED) is 0.358. The van der Waals surface area contributed by atoms with Crippen LogP contribution in [0, 0.1) is 29.4 Å². The predicted molar refractivity (Wildman–Crippen MR) is 45.8 cm³/mol. The minimum Gasteiger partial charge on any atom is -0.258 e. The van der Waals surface area contributed by atoms with Gasteiger partial charge in [-0.05, 0) is 19.1 Å². The van der Waals surface area contributed by atoms with Crippen molar-refractivity contribution in [2.45, 2.75) is 6.92 Å². The fraction of sp³-hybridized carbons (Fsp3) is 0.111. The highest BCUT2D eigenvalue weighted by molar-refractivity contribution is 5.46. The summed E-state index contributed by atoms with van der Waals surface area (Å²) in [6, 6.07) is 4.60. The zero-order chi connectivity index (χ0) is 9.14. The number of terminal acetylenes is 1. The number of hydrogen-bond donors (Lipinski definition) is 0. The summed E-state index contributed by atoms with van der Waals surface area (Å²) in [4.78, 5) is 9.95. The van der Waals surface area contributed by atoms with Crippen LogP contribution in [0.25, 0.3) is 0 Å². The molecule has 0 radical (unpaired) electrons. The minimum atomic E-state index is -0.421. The molecular weight excluding hydrogens is 154 g/mol. The van der Waals surface area contributed by atoms with Gasteiger partial charge in [0.05, 0.1) is 4.92 Å². The average molecular weight is 161 g/mol. The van der Waals surface area contributed by atoms with Crippen LogP contribution >= 0.6 is 0 Å². The van der Waals surface area contributed by atoms with Gasteiger partial charge in [-0.2, -0.15) is 0 Å². The molecule has 0 unspecified atom stereocenters. The van der Waals surface area contributed by atoms with Gasteiger partial charge in [-0.25, -0.2) is 0 Å².